The van der Waals surface area contributed by atoms with Gasteiger partial charge in [0.15, 0.2) is 0 Å². The van der Waals surface area contributed by atoms with Crippen molar-refractivity contribution in [2.75, 3.05) is 19.7 Å². The fourth-order valence-corrected chi connectivity index (χ4v) is 2.58. The van der Waals surface area contributed by atoms with Crippen molar-refractivity contribution in [2.45, 2.75) is 25.3 Å². The molecule has 0 aromatic carbocycles. The van der Waals surface area contributed by atoms with E-state index in [2.05, 4.69) is 32.2 Å². The number of allylic oxidation sites excluding steroid dienone is 1. The van der Waals surface area contributed by atoms with Crippen LogP contribution in [0.1, 0.15) is 19.3 Å². The Balaban J connectivity index is 2.10. The Morgan fingerprint density at radius 1 is 1.40 bits per heavy atom. The van der Waals surface area contributed by atoms with E-state index < -0.39 is 0 Å². The van der Waals surface area contributed by atoms with Crippen molar-refractivity contribution in [3.8, 4) is 0 Å². The SMILES string of the molecule is OCC1C=C(N2CCCCC2)C(Br)=CN1. The highest BCUT2D eigenvalue weighted by molar-refractivity contribution is 9.12. The second-order valence-corrected chi connectivity index (χ2v) is 4.90. The number of halogens is 1. The predicted octanol–water partition coefficient (Wildman–Crippen LogP) is 1.56. The quantitative estimate of drug-likeness (QED) is 0.801. The standard InChI is InChI=1S/C11H17BrN2O/c12-10-7-13-9(8-15)6-11(10)14-4-2-1-3-5-14/h6-7,9,13,15H,1-5,8H2. The number of aliphatic hydroxyl groups is 1. The summed E-state index contributed by atoms with van der Waals surface area (Å²) in [5.74, 6) is 0. The number of hydrogen-bond acceptors (Lipinski definition) is 3. The maximum Gasteiger partial charge on any atom is 0.0693 e. The van der Waals surface area contributed by atoms with Crippen LogP contribution in [0.25, 0.3) is 0 Å². The third-order valence-electron chi connectivity index (χ3n) is 2.92. The van der Waals surface area contributed by atoms with Crippen molar-refractivity contribution >= 4 is 15.9 Å². The zero-order valence-corrected chi connectivity index (χ0v) is 10.3. The molecule has 3 nitrogen and oxygen atoms in total. The highest BCUT2D eigenvalue weighted by atomic mass is 79.9. The molecule has 0 amide bonds. The number of likely N-dealkylation sites (tertiary alicyclic amines) is 1. The summed E-state index contributed by atoms with van der Waals surface area (Å²) in [6.45, 7) is 2.41. The molecular formula is C11H17BrN2O. The monoisotopic (exact) mass is 272 g/mol. The Bertz CT molecular complexity index is 282. The number of rotatable bonds is 2. The zero-order chi connectivity index (χ0) is 10.7. The highest BCUT2D eigenvalue weighted by Crippen LogP contribution is 2.26. The van der Waals surface area contributed by atoms with E-state index in [0.29, 0.717) is 0 Å². The first kappa shape index (κ1) is 11.0. The molecular weight excluding hydrogens is 256 g/mol. The average molecular weight is 273 g/mol. The first-order valence-electron chi connectivity index (χ1n) is 5.51. The number of piperidine rings is 1. The van der Waals surface area contributed by atoms with Crippen LogP contribution in [-0.2, 0) is 0 Å². The molecule has 15 heavy (non-hydrogen) atoms. The summed E-state index contributed by atoms with van der Waals surface area (Å²) in [5, 5.41) is 12.2. The van der Waals surface area contributed by atoms with E-state index in [-0.39, 0.29) is 12.6 Å². The fraction of sp³-hybridized carbons (Fsp3) is 0.636. The van der Waals surface area contributed by atoms with E-state index in [0.717, 1.165) is 17.6 Å². The molecule has 4 heteroatoms. The van der Waals surface area contributed by atoms with Gasteiger partial charge in [-0.25, -0.2) is 0 Å². The average Bonchev–Trinajstić information content (AvgIpc) is 2.31. The molecule has 0 spiro atoms. The maximum atomic E-state index is 9.12. The van der Waals surface area contributed by atoms with Crippen molar-refractivity contribution in [3.05, 3.63) is 22.5 Å². The second-order valence-electron chi connectivity index (χ2n) is 4.05. The molecule has 2 heterocycles. The van der Waals surface area contributed by atoms with E-state index >= 15 is 0 Å². The second kappa shape index (κ2) is 5.03. The van der Waals surface area contributed by atoms with Crippen LogP contribution in [0.4, 0.5) is 0 Å². The lowest BCUT2D eigenvalue weighted by atomic mass is 10.1. The number of nitrogens with zero attached hydrogens (tertiary/aromatic N) is 1. The molecule has 0 saturated carbocycles. The van der Waals surface area contributed by atoms with Crippen LogP contribution in [0.2, 0.25) is 0 Å². The zero-order valence-electron chi connectivity index (χ0n) is 8.75. The predicted molar refractivity (Wildman–Crippen MR) is 64.5 cm³/mol. The van der Waals surface area contributed by atoms with Gasteiger partial charge in [0.1, 0.15) is 0 Å². The van der Waals surface area contributed by atoms with Crippen LogP contribution < -0.4 is 5.32 Å². The molecule has 0 bridgehead atoms. The van der Waals surface area contributed by atoms with Gasteiger partial charge in [-0.2, -0.15) is 0 Å². The Hall–Kier alpha value is -0.480. The van der Waals surface area contributed by atoms with Crippen LogP contribution >= 0.6 is 15.9 Å². The molecule has 2 N–H and O–H groups in total. The summed E-state index contributed by atoms with van der Waals surface area (Å²) in [6, 6.07) is 0.0585. The van der Waals surface area contributed by atoms with Crippen molar-refractivity contribution in [2.24, 2.45) is 0 Å². The molecule has 1 fully saturated rings. The molecule has 2 rings (SSSR count). The smallest absolute Gasteiger partial charge is 0.0693 e. The first-order valence-corrected chi connectivity index (χ1v) is 6.30. The van der Waals surface area contributed by atoms with E-state index in [4.69, 9.17) is 5.11 Å². The van der Waals surface area contributed by atoms with Crippen molar-refractivity contribution in [1.82, 2.24) is 10.2 Å². The Kier molecular flexibility index (Phi) is 3.70. The van der Waals surface area contributed by atoms with Gasteiger partial charge < -0.3 is 15.3 Å². The minimum atomic E-state index is 0.0585. The van der Waals surface area contributed by atoms with Gasteiger partial charge in [0.05, 0.1) is 22.8 Å². The summed E-state index contributed by atoms with van der Waals surface area (Å²) in [6.07, 6.45) is 7.93. The van der Waals surface area contributed by atoms with Gasteiger partial charge >= 0.3 is 0 Å². The van der Waals surface area contributed by atoms with E-state index in [1.54, 1.807) is 0 Å². The van der Waals surface area contributed by atoms with Crippen molar-refractivity contribution < 1.29 is 5.11 Å². The molecule has 2 aliphatic rings. The number of dihydropyridines is 1. The summed E-state index contributed by atoms with van der Waals surface area (Å²) >= 11 is 3.55. The third-order valence-corrected chi connectivity index (χ3v) is 3.56. The molecule has 2 aliphatic heterocycles. The summed E-state index contributed by atoms with van der Waals surface area (Å²) in [5.41, 5.74) is 1.23. The number of nitrogens with one attached hydrogen (secondary N) is 1. The van der Waals surface area contributed by atoms with Gasteiger partial charge in [-0.05, 0) is 41.3 Å². The van der Waals surface area contributed by atoms with Gasteiger partial charge in [0, 0.05) is 19.3 Å². The van der Waals surface area contributed by atoms with E-state index in [1.165, 1.54) is 25.0 Å². The lowest BCUT2D eigenvalue weighted by Gasteiger charge is -2.33. The van der Waals surface area contributed by atoms with Gasteiger partial charge in [0.25, 0.3) is 0 Å². The third kappa shape index (κ3) is 2.55. The van der Waals surface area contributed by atoms with Gasteiger partial charge in [-0.1, -0.05) is 0 Å². The van der Waals surface area contributed by atoms with Crippen LogP contribution in [0.3, 0.4) is 0 Å². The Morgan fingerprint density at radius 2 is 2.13 bits per heavy atom. The van der Waals surface area contributed by atoms with Gasteiger partial charge in [0.2, 0.25) is 0 Å². The Morgan fingerprint density at radius 3 is 2.80 bits per heavy atom. The number of hydrogen-bond donors (Lipinski definition) is 2. The summed E-state index contributed by atoms with van der Waals surface area (Å²) in [4.78, 5) is 2.40. The summed E-state index contributed by atoms with van der Waals surface area (Å²) < 4.78 is 1.09. The Labute approximate surface area is 99.0 Å². The molecule has 1 atom stereocenters. The lowest BCUT2D eigenvalue weighted by Crippen LogP contribution is -2.36. The molecule has 1 unspecified atom stereocenters. The van der Waals surface area contributed by atoms with E-state index in [1.807, 2.05) is 6.20 Å². The van der Waals surface area contributed by atoms with Crippen LogP contribution in [0, 0.1) is 0 Å². The maximum absolute atomic E-state index is 9.12. The van der Waals surface area contributed by atoms with Gasteiger partial charge in [-0.15, -0.1) is 0 Å². The van der Waals surface area contributed by atoms with E-state index in [9.17, 15) is 0 Å². The van der Waals surface area contributed by atoms with Crippen LogP contribution in [-0.4, -0.2) is 35.7 Å². The largest absolute Gasteiger partial charge is 0.394 e. The van der Waals surface area contributed by atoms with Gasteiger partial charge in [-0.3, -0.25) is 0 Å². The topological polar surface area (TPSA) is 35.5 Å². The fourth-order valence-electron chi connectivity index (χ4n) is 2.07. The van der Waals surface area contributed by atoms with Crippen molar-refractivity contribution in [3.63, 3.8) is 0 Å². The minimum absolute atomic E-state index is 0.0585. The molecule has 0 aromatic heterocycles. The van der Waals surface area contributed by atoms with Crippen molar-refractivity contribution in [1.29, 1.82) is 0 Å². The molecule has 0 radical (unpaired) electrons. The molecule has 0 aliphatic carbocycles. The minimum Gasteiger partial charge on any atom is -0.394 e. The molecule has 0 aromatic rings. The normalized spacial score (nSPS) is 26.8. The summed E-state index contributed by atoms with van der Waals surface area (Å²) in [7, 11) is 0. The lowest BCUT2D eigenvalue weighted by molar-refractivity contribution is 0.261. The van der Waals surface area contributed by atoms with Crippen LogP contribution in [0.15, 0.2) is 22.5 Å². The first-order chi connectivity index (χ1) is 7.31. The highest BCUT2D eigenvalue weighted by Gasteiger charge is 2.19. The molecule has 1 saturated heterocycles. The molecule has 84 valence electrons. The van der Waals surface area contributed by atoms with Crippen LogP contribution in [0.5, 0.6) is 0 Å². The number of aliphatic hydroxyl groups excluding tert-OH is 1.